The highest BCUT2D eigenvalue weighted by Gasteiger charge is 2.48. The van der Waals surface area contributed by atoms with Gasteiger partial charge in [-0.1, -0.05) is 0 Å². The lowest BCUT2D eigenvalue weighted by Gasteiger charge is -2.54. The number of aliphatic hydroxyl groups is 1. The number of hydrazine groups is 1. The predicted molar refractivity (Wildman–Crippen MR) is 125 cm³/mol. The normalized spacial score (nSPS) is 35.9. The van der Waals surface area contributed by atoms with Gasteiger partial charge in [0.1, 0.15) is 0 Å². The molecule has 0 aromatic rings. The van der Waals surface area contributed by atoms with E-state index in [0.717, 1.165) is 58.2 Å². The SMILES string of the molecule is CC(=O)N1C2CCC(C3CNN(CC(C)(C)O)C3)CC2N(C(=O)OC2CCCCN2)C[C@@H]1C. The summed E-state index contributed by atoms with van der Waals surface area (Å²) in [5.74, 6) is 1.03. The average molecular weight is 466 g/mol. The molecule has 3 aliphatic heterocycles. The van der Waals surface area contributed by atoms with E-state index in [1.54, 1.807) is 6.92 Å². The summed E-state index contributed by atoms with van der Waals surface area (Å²) in [5, 5.41) is 15.6. The number of piperazine rings is 1. The number of β-amino-alcohol motifs (C(OH)–C–C–N with tert-alkyl or cyclic N) is 1. The van der Waals surface area contributed by atoms with Crippen LogP contribution in [0.2, 0.25) is 0 Å². The van der Waals surface area contributed by atoms with Crippen LogP contribution in [-0.2, 0) is 9.53 Å². The lowest BCUT2D eigenvalue weighted by atomic mass is 9.73. The third-order valence-electron chi connectivity index (χ3n) is 7.90. The molecule has 6 atom stereocenters. The molecule has 0 aromatic carbocycles. The van der Waals surface area contributed by atoms with Crippen molar-refractivity contribution in [2.24, 2.45) is 11.8 Å². The smallest absolute Gasteiger partial charge is 0.411 e. The van der Waals surface area contributed by atoms with Gasteiger partial charge in [0, 0.05) is 39.1 Å². The molecule has 4 fully saturated rings. The fraction of sp³-hybridized carbons (Fsp3) is 0.917. The van der Waals surface area contributed by atoms with Crippen molar-refractivity contribution in [2.45, 2.75) is 96.2 Å². The van der Waals surface area contributed by atoms with E-state index in [1.165, 1.54) is 0 Å². The minimum atomic E-state index is -0.741. The lowest BCUT2D eigenvalue weighted by Crippen LogP contribution is -2.67. The van der Waals surface area contributed by atoms with Gasteiger partial charge >= 0.3 is 6.09 Å². The van der Waals surface area contributed by atoms with Crippen LogP contribution in [-0.4, -0.2) is 94.6 Å². The Morgan fingerprint density at radius 3 is 2.55 bits per heavy atom. The number of hydrogen-bond acceptors (Lipinski definition) is 7. The molecule has 188 valence electrons. The number of rotatable bonds is 4. The second-order valence-electron chi connectivity index (χ2n) is 11.3. The van der Waals surface area contributed by atoms with Crippen molar-refractivity contribution in [2.75, 3.05) is 32.7 Å². The molecule has 9 nitrogen and oxygen atoms in total. The number of hydrogen-bond donors (Lipinski definition) is 3. The van der Waals surface area contributed by atoms with Crippen LogP contribution < -0.4 is 10.7 Å². The van der Waals surface area contributed by atoms with Crippen LogP contribution in [0.1, 0.15) is 66.2 Å². The summed E-state index contributed by atoms with van der Waals surface area (Å²) in [6.07, 6.45) is 5.44. The van der Waals surface area contributed by atoms with Gasteiger partial charge in [0.2, 0.25) is 5.91 Å². The number of piperidine rings is 1. The topological polar surface area (TPSA) is 97.4 Å². The van der Waals surface area contributed by atoms with E-state index >= 15 is 0 Å². The third kappa shape index (κ3) is 5.81. The first-order valence-electron chi connectivity index (χ1n) is 12.8. The molecule has 1 saturated carbocycles. The first-order chi connectivity index (χ1) is 15.6. The Morgan fingerprint density at radius 2 is 1.88 bits per heavy atom. The van der Waals surface area contributed by atoms with Gasteiger partial charge in [-0.2, -0.15) is 0 Å². The molecule has 3 heterocycles. The summed E-state index contributed by atoms with van der Waals surface area (Å²) >= 11 is 0. The van der Waals surface area contributed by atoms with E-state index in [2.05, 4.69) is 15.8 Å². The second kappa shape index (κ2) is 10.1. The molecule has 4 aliphatic rings. The molecule has 5 unspecified atom stereocenters. The van der Waals surface area contributed by atoms with E-state index in [4.69, 9.17) is 4.74 Å². The molecule has 2 amide bonds. The molecular weight excluding hydrogens is 422 g/mol. The van der Waals surface area contributed by atoms with E-state index in [9.17, 15) is 14.7 Å². The largest absolute Gasteiger partial charge is 0.430 e. The van der Waals surface area contributed by atoms with Gasteiger partial charge in [0.05, 0.1) is 17.7 Å². The van der Waals surface area contributed by atoms with E-state index in [1.807, 2.05) is 30.6 Å². The summed E-state index contributed by atoms with van der Waals surface area (Å²) in [7, 11) is 0. The number of fused-ring (bicyclic) bond motifs is 1. The van der Waals surface area contributed by atoms with Crippen molar-refractivity contribution in [3.63, 3.8) is 0 Å². The van der Waals surface area contributed by atoms with Crippen LogP contribution in [0.15, 0.2) is 0 Å². The Hall–Kier alpha value is -1.42. The van der Waals surface area contributed by atoms with Crippen molar-refractivity contribution < 1.29 is 19.4 Å². The average Bonchev–Trinajstić information content (AvgIpc) is 3.20. The van der Waals surface area contributed by atoms with Crippen LogP contribution in [0, 0.1) is 11.8 Å². The van der Waals surface area contributed by atoms with Crippen LogP contribution in [0.5, 0.6) is 0 Å². The molecule has 3 saturated heterocycles. The van der Waals surface area contributed by atoms with Crippen molar-refractivity contribution >= 4 is 12.0 Å². The molecule has 0 aromatic heterocycles. The Balaban J connectivity index is 1.45. The zero-order valence-corrected chi connectivity index (χ0v) is 20.8. The number of amides is 2. The van der Waals surface area contributed by atoms with Crippen molar-refractivity contribution in [1.82, 2.24) is 25.6 Å². The number of carbonyl (C=O) groups excluding carboxylic acids is 2. The Bertz CT molecular complexity index is 707. The second-order valence-corrected chi connectivity index (χ2v) is 11.3. The Morgan fingerprint density at radius 1 is 1.09 bits per heavy atom. The maximum Gasteiger partial charge on any atom is 0.411 e. The number of carbonyl (C=O) groups is 2. The minimum Gasteiger partial charge on any atom is -0.430 e. The molecule has 1 aliphatic carbocycles. The van der Waals surface area contributed by atoms with Crippen LogP contribution >= 0.6 is 0 Å². The molecule has 9 heteroatoms. The van der Waals surface area contributed by atoms with E-state index in [0.29, 0.717) is 24.9 Å². The van der Waals surface area contributed by atoms with Gasteiger partial charge in [-0.05, 0) is 77.7 Å². The molecule has 3 N–H and O–H groups in total. The highest BCUT2D eigenvalue weighted by Crippen LogP contribution is 2.40. The molecule has 4 rings (SSSR count). The first-order valence-corrected chi connectivity index (χ1v) is 12.8. The van der Waals surface area contributed by atoms with Crippen molar-refractivity contribution in [1.29, 1.82) is 0 Å². The van der Waals surface area contributed by atoms with Gasteiger partial charge in [0.15, 0.2) is 6.23 Å². The fourth-order valence-electron chi connectivity index (χ4n) is 6.51. The van der Waals surface area contributed by atoms with Crippen LogP contribution in [0.3, 0.4) is 0 Å². The molecule has 33 heavy (non-hydrogen) atoms. The van der Waals surface area contributed by atoms with Gasteiger partial charge in [-0.3, -0.25) is 15.5 Å². The zero-order valence-electron chi connectivity index (χ0n) is 20.8. The molecule has 0 spiro atoms. The van der Waals surface area contributed by atoms with Crippen molar-refractivity contribution in [3.05, 3.63) is 0 Å². The van der Waals surface area contributed by atoms with Crippen LogP contribution in [0.4, 0.5) is 4.79 Å². The number of nitrogens with one attached hydrogen (secondary N) is 2. The summed E-state index contributed by atoms with van der Waals surface area (Å²) in [4.78, 5) is 29.7. The molecule has 0 radical (unpaired) electrons. The first kappa shape index (κ1) is 24.7. The number of nitrogens with zero attached hydrogens (tertiary/aromatic N) is 3. The fourth-order valence-corrected chi connectivity index (χ4v) is 6.51. The highest BCUT2D eigenvalue weighted by atomic mass is 16.6. The summed E-state index contributed by atoms with van der Waals surface area (Å²) < 4.78 is 5.88. The Labute approximate surface area is 198 Å². The Kier molecular flexibility index (Phi) is 7.53. The van der Waals surface area contributed by atoms with Crippen LogP contribution in [0.25, 0.3) is 0 Å². The number of ether oxygens (including phenoxy) is 1. The van der Waals surface area contributed by atoms with Gasteiger partial charge in [-0.15, -0.1) is 0 Å². The summed E-state index contributed by atoms with van der Waals surface area (Å²) in [5.41, 5.74) is 2.71. The van der Waals surface area contributed by atoms with E-state index in [-0.39, 0.29) is 36.4 Å². The van der Waals surface area contributed by atoms with Gasteiger partial charge < -0.3 is 19.6 Å². The zero-order chi connectivity index (χ0) is 23.8. The van der Waals surface area contributed by atoms with Gasteiger partial charge in [0.25, 0.3) is 0 Å². The van der Waals surface area contributed by atoms with E-state index < -0.39 is 5.60 Å². The molecular formula is C24H43N5O4. The predicted octanol–water partition coefficient (Wildman–Crippen LogP) is 1.52. The maximum absolute atomic E-state index is 13.3. The third-order valence-corrected chi connectivity index (χ3v) is 7.90. The maximum atomic E-state index is 13.3. The summed E-state index contributed by atoms with van der Waals surface area (Å²) in [6.45, 7) is 11.1. The lowest BCUT2D eigenvalue weighted by molar-refractivity contribution is -0.142. The highest BCUT2D eigenvalue weighted by molar-refractivity contribution is 5.75. The quantitative estimate of drug-likeness (QED) is 0.579. The van der Waals surface area contributed by atoms with Crippen molar-refractivity contribution in [3.8, 4) is 0 Å². The minimum absolute atomic E-state index is 0.0109. The standard InChI is InChI=1S/C24H43N5O4/c1-16-13-28(23(31)33-22-7-5-6-10-25-22)21-11-18(8-9-20(21)29(16)17(2)30)19-12-26-27(14-19)15-24(3,4)32/h16,18-22,25-26,32H,5-15H2,1-4H3/t16-,18?,19?,20?,21?,22?/m0/s1. The summed E-state index contributed by atoms with van der Waals surface area (Å²) in [6, 6.07) is 0.0297. The molecule has 0 bridgehead atoms. The van der Waals surface area contributed by atoms with Gasteiger partial charge in [-0.25, -0.2) is 9.80 Å². The monoisotopic (exact) mass is 465 g/mol.